The van der Waals surface area contributed by atoms with Crippen molar-refractivity contribution >= 4 is 6.09 Å². The normalized spacial score (nSPS) is 24.3. The first kappa shape index (κ1) is 15.0. The monoisotopic (exact) mass is 297 g/mol. The fourth-order valence-electron chi connectivity index (χ4n) is 3.34. The minimum atomic E-state index is -0.201. The van der Waals surface area contributed by atoms with Crippen LogP contribution in [0, 0.1) is 17.8 Å². The fraction of sp³-hybridized carbons (Fsp3) is 0.526. The Labute approximate surface area is 132 Å². The van der Waals surface area contributed by atoms with Gasteiger partial charge in [0.2, 0.25) is 0 Å². The summed E-state index contributed by atoms with van der Waals surface area (Å²) in [6.45, 7) is 2.17. The van der Waals surface area contributed by atoms with Crippen LogP contribution in [0.15, 0.2) is 30.3 Å². The van der Waals surface area contributed by atoms with E-state index in [9.17, 15) is 4.79 Å². The maximum absolute atomic E-state index is 12.6. The van der Waals surface area contributed by atoms with Gasteiger partial charge in [-0.25, -0.2) is 4.79 Å². The van der Waals surface area contributed by atoms with Crippen molar-refractivity contribution < 1.29 is 9.53 Å². The van der Waals surface area contributed by atoms with Gasteiger partial charge in [-0.15, -0.1) is 5.92 Å². The highest BCUT2D eigenvalue weighted by Crippen LogP contribution is 2.41. The van der Waals surface area contributed by atoms with Crippen molar-refractivity contribution in [3.63, 3.8) is 0 Å². The summed E-state index contributed by atoms with van der Waals surface area (Å²) in [6.07, 6.45) is 5.48. The van der Waals surface area contributed by atoms with Gasteiger partial charge in [0.25, 0.3) is 0 Å². The topological polar surface area (TPSA) is 29.5 Å². The van der Waals surface area contributed by atoms with Crippen LogP contribution in [0.5, 0.6) is 0 Å². The van der Waals surface area contributed by atoms with E-state index in [-0.39, 0.29) is 12.1 Å². The standard InChI is InChI=1S/C19H23NO2/c1-2-7-17-10-6-11-18(16-12-13-16)20(17)19(21)22-14-15-8-4-3-5-9-15/h3-5,8-9,16-18H,6,10-14H2,1H3/t17-,18-/m0/s1. The van der Waals surface area contributed by atoms with Crippen molar-refractivity contribution in [1.82, 2.24) is 4.90 Å². The second-order valence-electron chi connectivity index (χ2n) is 6.19. The number of hydrogen-bond acceptors (Lipinski definition) is 2. The molecule has 3 nitrogen and oxygen atoms in total. The van der Waals surface area contributed by atoms with Crippen molar-refractivity contribution in [2.75, 3.05) is 0 Å². The summed E-state index contributed by atoms with van der Waals surface area (Å²) in [5.74, 6) is 6.84. The van der Waals surface area contributed by atoms with Crippen molar-refractivity contribution in [3.05, 3.63) is 35.9 Å². The van der Waals surface area contributed by atoms with Gasteiger partial charge in [0.15, 0.2) is 0 Å². The fourth-order valence-corrected chi connectivity index (χ4v) is 3.34. The molecule has 1 aromatic rings. The highest BCUT2D eigenvalue weighted by molar-refractivity contribution is 5.69. The molecule has 0 N–H and O–H groups in total. The number of amides is 1. The van der Waals surface area contributed by atoms with Crippen LogP contribution >= 0.6 is 0 Å². The average molecular weight is 297 g/mol. The average Bonchev–Trinajstić information content (AvgIpc) is 3.38. The number of carbonyl (C=O) groups is 1. The second kappa shape index (κ2) is 6.87. The van der Waals surface area contributed by atoms with Gasteiger partial charge in [0.1, 0.15) is 6.61 Å². The summed E-state index contributed by atoms with van der Waals surface area (Å²) in [5, 5.41) is 0. The van der Waals surface area contributed by atoms with Gasteiger partial charge in [-0.3, -0.25) is 4.90 Å². The molecule has 116 valence electrons. The molecule has 1 heterocycles. The van der Waals surface area contributed by atoms with E-state index in [0.29, 0.717) is 18.6 Å². The van der Waals surface area contributed by atoms with Crippen LogP contribution in [0.3, 0.4) is 0 Å². The van der Waals surface area contributed by atoms with Gasteiger partial charge in [-0.2, -0.15) is 0 Å². The van der Waals surface area contributed by atoms with E-state index in [2.05, 4.69) is 11.8 Å². The molecule has 1 amide bonds. The summed E-state index contributed by atoms with van der Waals surface area (Å²) >= 11 is 0. The van der Waals surface area contributed by atoms with Crippen LogP contribution in [0.1, 0.15) is 44.6 Å². The maximum atomic E-state index is 12.6. The molecule has 1 aromatic carbocycles. The Bertz CT molecular complexity index is 568. The number of ether oxygens (including phenoxy) is 1. The van der Waals surface area contributed by atoms with Gasteiger partial charge in [-0.1, -0.05) is 36.3 Å². The van der Waals surface area contributed by atoms with E-state index in [4.69, 9.17) is 4.74 Å². The molecular weight excluding hydrogens is 274 g/mol. The minimum absolute atomic E-state index is 0.0209. The number of nitrogens with zero attached hydrogens (tertiary/aromatic N) is 1. The summed E-state index contributed by atoms with van der Waals surface area (Å²) in [4.78, 5) is 14.6. The lowest BCUT2D eigenvalue weighted by atomic mass is 9.93. The lowest BCUT2D eigenvalue weighted by Crippen LogP contribution is -2.50. The van der Waals surface area contributed by atoms with E-state index < -0.39 is 0 Å². The largest absolute Gasteiger partial charge is 0.445 e. The number of benzene rings is 1. The third-order valence-corrected chi connectivity index (χ3v) is 4.56. The molecule has 1 aliphatic carbocycles. The molecule has 0 unspecified atom stereocenters. The summed E-state index contributed by atoms with van der Waals surface area (Å²) in [5.41, 5.74) is 1.02. The van der Waals surface area contributed by atoms with Crippen LogP contribution in [0.4, 0.5) is 4.79 Å². The van der Waals surface area contributed by atoms with Crippen LogP contribution < -0.4 is 0 Å². The Hall–Kier alpha value is -1.95. The molecule has 2 atom stereocenters. The molecule has 3 heteroatoms. The predicted octanol–water partition coefficient (Wildman–Crippen LogP) is 3.98. The van der Waals surface area contributed by atoms with Crippen LogP contribution in [0.2, 0.25) is 0 Å². The van der Waals surface area contributed by atoms with Crippen molar-refractivity contribution in [2.24, 2.45) is 5.92 Å². The molecule has 1 saturated heterocycles. The van der Waals surface area contributed by atoms with Crippen molar-refractivity contribution in [3.8, 4) is 11.8 Å². The van der Waals surface area contributed by atoms with Crippen LogP contribution in [-0.2, 0) is 11.3 Å². The lowest BCUT2D eigenvalue weighted by molar-refractivity contribution is 0.0489. The van der Waals surface area contributed by atoms with Gasteiger partial charge in [0, 0.05) is 6.04 Å². The van der Waals surface area contributed by atoms with Crippen LogP contribution in [-0.4, -0.2) is 23.1 Å². The zero-order valence-corrected chi connectivity index (χ0v) is 13.1. The third-order valence-electron chi connectivity index (χ3n) is 4.56. The van der Waals surface area contributed by atoms with E-state index in [1.807, 2.05) is 42.2 Å². The number of likely N-dealkylation sites (tertiary alicyclic amines) is 1. The quantitative estimate of drug-likeness (QED) is 0.790. The smallest absolute Gasteiger partial charge is 0.411 e. The SMILES string of the molecule is CC#C[C@H]1CCC[C@@H](C2CC2)N1C(=O)OCc1ccccc1. The highest BCUT2D eigenvalue weighted by Gasteiger charge is 2.42. The maximum Gasteiger partial charge on any atom is 0.411 e. The first-order valence-electron chi connectivity index (χ1n) is 8.21. The van der Waals surface area contributed by atoms with Gasteiger partial charge < -0.3 is 4.74 Å². The number of piperidine rings is 1. The third kappa shape index (κ3) is 3.44. The van der Waals surface area contributed by atoms with Gasteiger partial charge in [0.05, 0.1) is 6.04 Å². The van der Waals surface area contributed by atoms with Crippen LogP contribution in [0.25, 0.3) is 0 Å². The van der Waals surface area contributed by atoms with E-state index in [1.54, 1.807) is 0 Å². The molecule has 0 bridgehead atoms. The Morgan fingerprint density at radius 1 is 1.23 bits per heavy atom. The molecule has 1 saturated carbocycles. The van der Waals surface area contributed by atoms with E-state index in [0.717, 1.165) is 24.8 Å². The van der Waals surface area contributed by atoms with Gasteiger partial charge in [-0.05, 0) is 50.5 Å². The molecule has 2 aliphatic rings. The van der Waals surface area contributed by atoms with Gasteiger partial charge >= 0.3 is 6.09 Å². The number of hydrogen-bond donors (Lipinski definition) is 0. The molecule has 2 fully saturated rings. The van der Waals surface area contributed by atoms with E-state index in [1.165, 1.54) is 12.8 Å². The lowest BCUT2D eigenvalue weighted by Gasteiger charge is -2.39. The Morgan fingerprint density at radius 3 is 2.68 bits per heavy atom. The predicted molar refractivity (Wildman–Crippen MR) is 86.1 cm³/mol. The number of carbonyl (C=O) groups excluding carboxylic acids is 1. The highest BCUT2D eigenvalue weighted by atomic mass is 16.6. The summed E-state index contributed by atoms with van der Waals surface area (Å²) in [6, 6.07) is 10.2. The Kier molecular flexibility index (Phi) is 4.68. The molecule has 0 spiro atoms. The van der Waals surface area contributed by atoms with Crippen molar-refractivity contribution in [1.29, 1.82) is 0 Å². The molecule has 1 aliphatic heterocycles. The summed E-state index contributed by atoms with van der Waals surface area (Å²) in [7, 11) is 0. The van der Waals surface area contributed by atoms with Crippen molar-refractivity contribution in [2.45, 2.75) is 57.7 Å². The molecule has 0 radical (unpaired) electrons. The Morgan fingerprint density at radius 2 is 2.00 bits per heavy atom. The minimum Gasteiger partial charge on any atom is -0.445 e. The molecular formula is C19H23NO2. The first-order valence-corrected chi connectivity index (χ1v) is 8.21. The first-order chi connectivity index (χ1) is 10.8. The Balaban J connectivity index is 1.69. The summed E-state index contributed by atoms with van der Waals surface area (Å²) < 4.78 is 5.57. The number of rotatable bonds is 3. The molecule has 3 rings (SSSR count). The molecule has 22 heavy (non-hydrogen) atoms. The zero-order valence-electron chi connectivity index (χ0n) is 13.1. The molecule has 0 aromatic heterocycles. The van der Waals surface area contributed by atoms with E-state index >= 15 is 0 Å². The second-order valence-corrected chi connectivity index (χ2v) is 6.19. The zero-order chi connectivity index (χ0) is 15.4.